The predicted octanol–water partition coefficient (Wildman–Crippen LogP) is 1.37. The molecule has 1 aromatic heterocycles. The molecule has 0 spiro atoms. The van der Waals surface area contributed by atoms with Crippen molar-refractivity contribution < 1.29 is 22.7 Å². The minimum Gasteiger partial charge on any atom is -0.385 e. The lowest BCUT2D eigenvalue weighted by atomic mass is 10.7. The summed E-state index contributed by atoms with van der Waals surface area (Å²) in [5.41, 5.74) is 0. The second-order valence-electron chi connectivity index (χ2n) is 2.38. The first kappa shape index (κ1) is 10.6. The predicted molar refractivity (Wildman–Crippen MR) is 39.6 cm³/mol. The van der Waals surface area contributed by atoms with Crippen LogP contribution < -0.4 is 4.74 Å². The van der Waals surface area contributed by atoms with Crippen molar-refractivity contribution >= 4 is 5.97 Å². The number of hydrogen-bond acceptors (Lipinski definition) is 3. The summed E-state index contributed by atoms with van der Waals surface area (Å²) in [6.07, 6.45) is -2.33. The molecule has 0 aliphatic heterocycles. The lowest BCUT2D eigenvalue weighted by Crippen LogP contribution is -2.29. The molecule has 0 saturated carbocycles. The van der Waals surface area contributed by atoms with E-state index in [0.29, 0.717) is 6.54 Å². The SMILES string of the molecule is CCn1ccnc1OC(=O)C(F)(F)F. The summed E-state index contributed by atoms with van der Waals surface area (Å²) in [5, 5.41) is 0. The van der Waals surface area contributed by atoms with E-state index in [9.17, 15) is 18.0 Å². The second kappa shape index (κ2) is 3.69. The number of nitrogens with zero attached hydrogens (tertiary/aromatic N) is 2. The van der Waals surface area contributed by atoms with Crippen LogP contribution in [-0.2, 0) is 11.3 Å². The third-order valence-corrected chi connectivity index (χ3v) is 1.43. The van der Waals surface area contributed by atoms with Gasteiger partial charge in [-0.15, -0.1) is 0 Å². The molecule has 0 amide bonds. The summed E-state index contributed by atoms with van der Waals surface area (Å²) < 4.78 is 40.6. The smallest absolute Gasteiger partial charge is 0.385 e. The zero-order valence-corrected chi connectivity index (χ0v) is 7.21. The number of carbonyl (C=O) groups is 1. The van der Waals surface area contributed by atoms with Gasteiger partial charge in [0, 0.05) is 18.9 Å². The van der Waals surface area contributed by atoms with E-state index in [0.717, 1.165) is 0 Å². The molecular formula is C7H7F3N2O2. The lowest BCUT2D eigenvalue weighted by molar-refractivity contribution is -0.190. The van der Waals surface area contributed by atoms with Crippen molar-refractivity contribution in [3.63, 3.8) is 0 Å². The van der Waals surface area contributed by atoms with Gasteiger partial charge in [-0.1, -0.05) is 0 Å². The molecule has 0 aliphatic carbocycles. The third-order valence-electron chi connectivity index (χ3n) is 1.43. The molecular weight excluding hydrogens is 201 g/mol. The van der Waals surface area contributed by atoms with Crippen molar-refractivity contribution in [2.45, 2.75) is 19.6 Å². The van der Waals surface area contributed by atoms with Crippen LogP contribution >= 0.6 is 0 Å². The molecule has 0 unspecified atom stereocenters. The zero-order chi connectivity index (χ0) is 10.8. The van der Waals surface area contributed by atoms with E-state index in [1.54, 1.807) is 6.92 Å². The van der Waals surface area contributed by atoms with E-state index < -0.39 is 12.1 Å². The molecule has 1 rings (SSSR count). The van der Waals surface area contributed by atoms with E-state index >= 15 is 0 Å². The molecule has 14 heavy (non-hydrogen) atoms. The van der Waals surface area contributed by atoms with E-state index in [2.05, 4.69) is 9.72 Å². The first-order chi connectivity index (χ1) is 6.45. The average molecular weight is 208 g/mol. The molecule has 78 valence electrons. The lowest BCUT2D eigenvalue weighted by Gasteiger charge is -2.06. The van der Waals surface area contributed by atoms with Crippen LogP contribution in [0.25, 0.3) is 0 Å². The van der Waals surface area contributed by atoms with Crippen molar-refractivity contribution in [1.29, 1.82) is 0 Å². The van der Waals surface area contributed by atoms with Gasteiger partial charge < -0.3 is 9.30 Å². The van der Waals surface area contributed by atoms with Gasteiger partial charge >= 0.3 is 18.2 Å². The van der Waals surface area contributed by atoms with Gasteiger partial charge in [0.25, 0.3) is 0 Å². The number of halogens is 3. The Morgan fingerprint density at radius 3 is 2.79 bits per heavy atom. The van der Waals surface area contributed by atoms with Gasteiger partial charge in [-0.05, 0) is 6.92 Å². The van der Waals surface area contributed by atoms with Crippen molar-refractivity contribution in [3.05, 3.63) is 12.4 Å². The van der Waals surface area contributed by atoms with Gasteiger partial charge in [0.1, 0.15) is 0 Å². The number of aromatic nitrogens is 2. The highest BCUT2D eigenvalue weighted by Gasteiger charge is 2.42. The first-order valence-corrected chi connectivity index (χ1v) is 3.75. The van der Waals surface area contributed by atoms with Crippen LogP contribution in [0.15, 0.2) is 12.4 Å². The summed E-state index contributed by atoms with van der Waals surface area (Å²) in [5.74, 6) is -2.27. The summed E-state index contributed by atoms with van der Waals surface area (Å²) in [7, 11) is 0. The van der Waals surface area contributed by atoms with Crippen LogP contribution in [0.2, 0.25) is 0 Å². The largest absolute Gasteiger partial charge is 0.491 e. The number of carbonyl (C=O) groups excluding carboxylic acids is 1. The van der Waals surface area contributed by atoms with E-state index in [1.165, 1.54) is 17.0 Å². The van der Waals surface area contributed by atoms with Gasteiger partial charge in [-0.2, -0.15) is 13.2 Å². The quantitative estimate of drug-likeness (QED) is 0.689. The van der Waals surface area contributed by atoms with Crippen molar-refractivity contribution in [3.8, 4) is 6.01 Å². The minimum absolute atomic E-state index is 0.352. The molecule has 0 atom stereocenters. The molecule has 0 N–H and O–H groups in total. The van der Waals surface area contributed by atoms with Crippen LogP contribution in [0.3, 0.4) is 0 Å². The molecule has 0 radical (unpaired) electrons. The van der Waals surface area contributed by atoms with Gasteiger partial charge in [0.2, 0.25) is 0 Å². The van der Waals surface area contributed by atoms with Crippen LogP contribution in [0.5, 0.6) is 6.01 Å². The number of alkyl halides is 3. The molecule has 1 aromatic rings. The Hall–Kier alpha value is -1.53. The summed E-state index contributed by atoms with van der Waals surface area (Å²) >= 11 is 0. The summed E-state index contributed by atoms with van der Waals surface area (Å²) in [6.45, 7) is 2.06. The minimum atomic E-state index is -5.00. The number of aryl methyl sites for hydroxylation is 1. The van der Waals surface area contributed by atoms with Gasteiger partial charge in [-0.25, -0.2) is 9.78 Å². The Labute approximate surface area is 77.3 Å². The highest BCUT2D eigenvalue weighted by Crippen LogP contribution is 2.18. The molecule has 1 heterocycles. The summed E-state index contributed by atoms with van der Waals surface area (Å²) in [6, 6.07) is -0.352. The molecule has 0 bridgehead atoms. The van der Waals surface area contributed by atoms with E-state index in [-0.39, 0.29) is 6.01 Å². The normalized spacial score (nSPS) is 11.4. The molecule has 0 aromatic carbocycles. The fourth-order valence-electron chi connectivity index (χ4n) is 0.782. The Morgan fingerprint density at radius 2 is 2.29 bits per heavy atom. The Kier molecular flexibility index (Phi) is 2.78. The Morgan fingerprint density at radius 1 is 1.64 bits per heavy atom. The first-order valence-electron chi connectivity index (χ1n) is 3.75. The molecule has 4 nitrogen and oxygen atoms in total. The number of rotatable bonds is 2. The van der Waals surface area contributed by atoms with Crippen molar-refractivity contribution in [1.82, 2.24) is 9.55 Å². The number of hydrogen-bond donors (Lipinski definition) is 0. The van der Waals surface area contributed by atoms with Crippen molar-refractivity contribution in [2.75, 3.05) is 0 Å². The highest BCUT2D eigenvalue weighted by molar-refractivity contribution is 5.77. The molecule has 0 aliphatic rings. The monoisotopic (exact) mass is 208 g/mol. The van der Waals surface area contributed by atoms with Crippen LogP contribution in [-0.4, -0.2) is 21.7 Å². The number of imidazole rings is 1. The maximum Gasteiger partial charge on any atom is 0.491 e. The van der Waals surface area contributed by atoms with Crippen LogP contribution in [0.1, 0.15) is 6.92 Å². The van der Waals surface area contributed by atoms with E-state index in [4.69, 9.17) is 0 Å². The topological polar surface area (TPSA) is 44.1 Å². The maximum absolute atomic E-state index is 11.8. The maximum atomic E-state index is 11.8. The molecule has 7 heteroatoms. The average Bonchev–Trinajstić information content (AvgIpc) is 2.50. The number of esters is 1. The number of ether oxygens (including phenoxy) is 1. The standard InChI is InChI=1S/C7H7F3N2O2/c1-2-12-4-3-11-6(12)14-5(13)7(8,9)10/h3-4H,2H2,1H3. The Balaban J connectivity index is 2.74. The molecule has 0 saturated heterocycles. The van der Waals surface area contributed by atoms with Gasteiger partial charge in [0.15, 0.2) is 0 Å². The van der Waals surface area contributed by atoms with Gasteiger partial charge in [-0.3, -0.25) is 0 Å². The van der Waals surface area contributed by atoms with Crippen molar-refractivity contribution in [2.24, 2.45) is 0 Å². The summed E-state index contributed by atoms with van der Waals surface area (Å²) in [4.78, 5) is 13.9. The van der Waals surface area contributed by atoms with E-state index in [1.807, 2.05) is 0 Å². The molecule has 0 fully saturated rings. The van der Waals surface area contributed by atoms with Crippen LogP contribution in [0.4, 0.5) is 13.2 Å². The Bertz CT molecular complexity index is 332. The second-order valence-corrected chi connectivity index (χ2v) is 2.38. The fourth-order valence-corrected chi connectivity index (χ4v) is 0.782. The zero-order valence-electron chi connectivity index (χ0n) is 7.21. The highest BCUT2D eigenvalue weighted by atomic mass is 19.4. The fraction of sp³-hybridized carbons (Fsp3) is 0.429. The third kappa shape index (κ3) is 2.24. The van der Waals surface area contributed by atoms with Gasteiger partial charge in [0.05, 0.1) is 0 Å². The van der Waals surface area contributed by atoms with Crippen LogP contribution in [0, 0.1) is 0 Å².